The zero-order valence-electron chi connectivity index (χ0n) is 9.59. The van der Waals surface area contributed by atoms with Gasteiger partial charge in [-0.3, -0.25) is 9.78 Å². The third-order valence-corrected chi connectivity index (χ3v) is 2.38. The maximum absolute atomic E-state index is 10.9. The lowest BCUT2D eigenvalue weighted by molar-refractivity contribution is 0.112. The van der Waals surface area contributed by atoms with E-state index < -0.39 is 0 Å². The van der Waals surface area contributed by atoms with Gasteiger partial charge in [0.2, 0.25) is 0 Å². The van der Waals surface area contributed by atoms with Crippen molar-refractivity contribution in [3.05, 3.63) is 48.2 Å². The first-order valence-corrected chi connectivity index (χ1v) is 5.48. The van der Waals surface area contributed by atoms with Crippen LogP contribution in [0.3, 0.4) is 0 Å². The molecule has 1 aromatic carbocycles. The molecule has 17 heavy (non-hydrogen) atoms. The van der Waals surface area contributed by atoms with Gasteiger partial charge in [0, 0.05) is 17.3 Å². The van der Waals surface area contributed by atoms with Gasteiger partial charge in [-0.05, 0) is 31.2 Å². The van der Waals surface area contributed by atoms with Gasteiger partial charge >= 0.3 is 0 Å². The number of pyridine rings is 1. The second kappa shape index (κ2) is 5.25. The molecule has 0 aliphatic heterocycles. The normalized spacial score (nSPS) is 9.94. The highest BCUT2D eigenvalue weighted by Gasteiger charge is 2.06. The summed E-state index contributed by atoms with van der Waals surface area (Å²) in [5.74, 6) is 0.785. The fourth-order valence-electron chi connectivity index (χ4n) is 1.65. The third-order valence-electron chi connectivity index (χ3n) is 2.38. The van der Waals surface area contributed by atoms with Crippen molar-refractivity contribution in [2.45, 2.75) is 6.92 Å². The zero-order valence-corrected chi connectivity index (χ0v) is 9.59. The molecule has 0 bridgehead atoms. The molecular formula is C14H13NO2. The van der Waals surface area contributed by atoms with Crippen LogP contribution in [0, 0.1) is 0 Å². The minimum atomic E-state index is 0.584. The van der Waals surface area contributed by atoms with Gasteiger partial charge in [0.05, 0.1) is 12.3 Å². The van der Waals surface area contributed by atoms with Crippen molar-refractivity contribution < 1.29 is 9.53 Å². The molecule has 0 radical (unpaired) electrons. The number of ether oxygens (including phenoxy) is 1. The van der Waals surface area contributed by atoms with Crippen LogP contribution >= 0.6 is 0 Å². The Kier molecular flexibility index (Phi) is 3.50. The molecule has 3 heteroatoms. The van der Waals surface area contributed by atoms with Gasteiger partial charge in [0.25, 0.3) is 0 Å². The van der Waals surface area contributed by atoms with Crippen LogP contribution in [0.25, 0.3) is 11.3 Å². The number of rotatable bonds is 4. The standard InChI is InChI=1S/C14H13NO2/c1-2-17-13-7-3-5-11(9-13)14-12(10-16)6-4-8-15-14/h3-10H,2H2,1H3. The van der Waals surface area contributed by atoms with Crippen molar-refractivity contribution in [3.8, 4) is 17.0 Å². The zero-order chi connectivity index (χ0) is 12.1. The number of benzene rings is 1. The molecule has 0 atom stereocenters. The van der Waals surface area contributed by atoms with Gasteiger partial charge < -0.3 is 4.74 Å². The van der Waals surface area contributed by atoms with Crippen LogP contribution in [0.4, 0.5) is 0 Å². The molecule has 0 unspecified atom stereocenters. The van der Waals surface area contributed by atoms with E-state index in [9.17, 15) is 4.79 Å². The molecule has 0 aliphatic carbocycles. The summed E-state index contributed by atoms with van der Waals surface area (Å²) in [5.41, 5.74) is 2.16. The summed E-state index contributed by atoms with van der Waals surface area (Å²) in [6.45, 7) is 2.55. The van der Waals surface area contributed by atoms with Crippen LogP contribution < -0.4 is 4.74 Å². The Balaban J connectivity index is 2.45. The van der Waals surface area contributed by atoms with Crippen LogP contribution in [0.1, 0.15) is 17.3 Å². The van der Waals surface area contributed by atoms with Crippen molar-refractivity contribution >= 4 is 6.29 Å². The monoisotopic (exact) mass is 227 g/mol. The molecule has 0 saturated carbocycles. The molecule has 0 saturated heterocycles. The minimum absolute atomic E-state index is 0.584. The van der Waals surface area contributed by atoms with E-state index in [1.165, 1.54) is 0 Å². The number of carbonyl (C=O) groups is 1. The van der Waals surface area contributed by atoms with Crippen LogP contribution in [0.5, 0.6) is 5.75 Å². The lowest BCUT2D eigenvalue weighted by Crippen LogP contribution is -1.94. The van der Waals surface area contributed by atoms with E-state index in [4.69, 9.17) is 4.74 Å². The Bertz CT molecular complexity index is 523. The lowest BCUT2D eigenvalue weighted by atomic mass is 10.1. The summed E-state index contributed by atoms with van der Waals surface area (Å²) >= 11 is 0. The molecule has 0 spiro atoms. The smallest absolute Gasteiger partial charge is 0.152 e. The molecule has 1 aromatic heterocycles. The van der Waals surface area contributed by atoms with Crippen molar-refractivity contribution in [2.75, 3.05) is 6.61 Å². The van der Waals surface area contributed by atoms with Gasteiger partial charge in [-0.25, -0.2) is 0 Å². The van der Waals surface area contributed by atoms with Crippen LogP contribution in [0.2, 0.25) is 0 Å². The Morgan fingerprint density at radius 1 is 1.29 bits per heavy atom. The fourth-order valence-corrected chi connectivity index (χ4v) is 1.65. The Hall–Kier alpha value is -2.16. The van der Waals surface area contributed by atoms with Crippen molar-refractivity contribution in [1.82, 2.24) is 4.98 Å². The van der Waals surface area contributed by atoms with Gasteiger partial charge in [0.15, 0.2) is 6.29 Å². The second-order valence-electron chi connectivity index (χ2n) is 3.52. The van der Waals surface area contributed by atoms with Gasteiger partial charge in [0.1, 0.15) is 5.75 Å². The first-order chi connectivity index (χ1) is 8.35. The molecule has 0 fully saturated rings. The van der Waals surface area contributed by atoms with Crippen LogP contribution in [0.15, 0.2) is 42.6 Å². The van der Waals surface area contributed by atoms with Crippen LogP contribution in [-0.2, 0) is 0 Å². The van der Waals surface area contributed by atoms with Crippen molar-refractivity contribution in [1.29, 1.82) is 0 Å². The minimum Gasteiger partial charge on any atom is -0.494 e. The summed E-state index contributed by atoms with van der Waals surface area (Å²) in [6.07, 6.45) is 2.49. The molecule has 1 heterocycles. The average Bonchev–Trinajstić information content (AvgIpc) is 2.39. The maximum Gasteiger partial charge on any atom is 0.152 e. The summed E-state index contributed by atoms with van der Waals surface area (Å²) in [4.78, 5) is 15.2. The van der Waals surface area contributed by atoms with Crippen LogP contribution in [-0.4, -0.2) is 17.9 Å². The van der Waals surface area contributed by atoms with E-state index in [-0.39, 0.29) is 0 Å². The summed E-state index contributed by atoms with van der Waals surface area (Å²) < 4.78 is 5.43. The van der Waals surface area contributed by atoms with Crippen molar-refractivity contribution in [2.24, 2.45) is 0 Å². The highest BCUT2D eigenvalue weighted by atomic mass is 16.5. The second-order valence-corrected chi connectivity index (χ2v) is 3.52. The summed E-state index contributed by atoms with van der Waals surface area (Å²) in [5, 5.41) is 0. The predicted octanol–water partition coefficient (Wildman–Crippen LogP) is 2.96. The maximum atomic E-state index is 10.9. The number of hydrogen-bond acceptors (Lipinski definition) is 3. The average molecular weight is 227 g/mol. The van der Waals surface area contributed by atoms with Gasteiger partial charge in [-0.15, -0.1) is 0 Å². The van der Waals surface area contributed by atoms with E-state index in [0.29, 0.717) is 17.9 Å². The largest absolute Gasteiger partial charge is 0.494 e. The molecule has 0 amide bonds. The number of nitrogens with zero attached hydrogens (tertiary/aromatic N) is 1. The molecule has 3 nitrogen and oxygen atoms in total. The van der Waals surface area contributed by atoms with E-state index in [1.54, 1.807) is 18.3 Å². The Labute approximate surface area is 100 Å². The lowest BCUT2D eigenvalue weighted by Gasteiger charge is -2.07. The topological polar surface area (TPSA) is 39.2 Å². The van der Waals surface area contributed by atoms with E-state index in [2.05, 4.69) is 4.98 Å². The van der Waals surface area contributed by atoms with E-state index in [0.717, 1.165) is 17.6 Å². The molecule has 86 valence electrons. The Morgan fingerprint density at radius 3 is 2.94 bits per heavy atom. The first-order valence-electron chi connectivity index (χ1n) is 5.48. The molecule has 0 aliphatic rings. The highest BCUT2D eigenvalue weighted by molar-refractivity contribution is 5.85. The number of aldehydes is 1. The van der Waals surface area contributed by atoms with Crippen molar-refractivity contribution in [3.63, 3.8) is 0 Å². The summed E-state index contributed by atoms with van der Waals surface area (Å²) in [7, 11) is 0. The highest BCUT2D eigenvalue weighted by Crippen LogP contribution is 2.24. The molecule has 2 aromatic rings. The predicted molar refractivity (Wildman–Crippen MR) is 66.2 cm³/mol. The first kappa shape index (κ1) is 11.3. The van der Waals surface area contributed by atoms with E-state index >= 15 is 0 Å². The van der Waals surface area contributed by atoms with Gasteiger partial charge in [-0.2, -0.15) is 0 Å². The fraction of sp³-hybridized carbons (Fsp3) is 0.143. The number of carbonyl (C=O) groups excluding carboxylic acids is 1. The van der Waals surface area contributed by atoms with Gasteiger partial charge in [-0.1, -0.05) is 12.1 Å². The molecule has 0 N–H and O–H groups in total. The SMILES string of the molecule is CCOc1cccc(-c2ncccc2C=O)c1. The number of hydrogen-bond donors (Lipinski definition) is 0. The molecular weight excluding hydrogens is 214 g/mol. The summed E-state index contributed by atoms with van der Waals surface area (Å²) in [6, 6.07) is 11.1. The quantitative estimate of drug-likeness (QED) is 0.754. The molecule has 2 rings (SSSR count). The number of aromatic nitrogens is 1. The van der Waals surface area contributed by atoms with E-state index in [1.807, 2.05) is 31.2 Å². The third kappa shape index (κ3) is 2.50. The Morgan fingerprint density at radius 2 is 2.18 bits per heavy atom.